The Labute approximate surface area is 106 Å². The maximum atomic E-state index is 10.8. The molecule has 3 nitrogen and oxygen atoms in total. The van der Waals surface area contributed by atoms with Gasteiger partial charge in [0.25, 0.3) is 0 Å². The third-order valence-electron chi connectivity index (χ3n) is 2.68. The standard InChI is InChI=1S/C15H14O3/c16-15(17)18-14(13-9-5-2-6-10-13)11-12-7-3-1-4-8-12/h1-10,14H,11H2,(H,16,17). The van der Waals surface area contributed by atoms with Gasteiger partial charge in [-0.2, -0.15) is 0 Å². The Morgan fingerprint density at radius 1 is 1.00 bits per heavy atom. The summed E-state index contributed by atoms with van der Waals surface area (Å²) in [5, 5.41) is 8.80. The molecule has 1 unspecified atom stereocenters. The molecule has 0 aliphatic rings. The maximum absolute atomic E-state index is 10.8. The monoisotopic (exact) mass is 242 g/mol. The summed E-state index contributed by atoms with van der Waals surface area (Å²) >= 11 is 0. The van der Waals surface area contributed by atoms with Crippen LogP contribution in [0.1, 0.15) is 17.2 Å². The van der Waals surface area contributed by atoms with Gasteiger partial charge in [-0.15, -0.1) is 0 Å². The van der Waals surface area contributed by atoms with Crippen molar-refractivity contribution in [2.45, 2.75) is 12.5 Å². The van der Waals surface area contributed by atoms with Crippen LogP contribution in [0.4, 0.5) is 4.79 Å². The van der Waals surface area contributed by atoms with Crippen molar-refractivity contribution in [1.82, 2.24) is 0 Å². The fraction of sp³-hybridized carbons (Fsp3) is 0.133. The van der Waals surface area contributed by atoms with Crippen molar-refractivity contribution in [3.8, 4) is 0 Å². The van der Waals surface area contributed by atoms with Crippen LogP contribution in [-0.2, 0) is 11.2 Å². The molecular weight excluding hydrogens is 228 g/mol. The molecule has 3 heteroatoms. The lowest BCUT2D eigenvalue weighted by Crippen LogP contribution is -2.11. The van der Waals surface area contributed by atoms with Crippen LogP contribution >= 0.6 is 0 Å². The van der Waals surface area contributed by atoms with Gasteiger partial charge in [0.15, 0.2) is 0 Å². The van der Waals surface area contributed by atoms with Gasteiger partial charge in [-0.3, -0.25) is 0 Å². The second-order valence-corrected chi connectivity index (χ2v) is 3.97. The minimum atomic E-state index is -1.25. The van der Waals surface area contributed by atoms with E-state index in [1.807, 2.05) is 60.7 Å². The van der Waals surface area contributed by atoms with Gasteiger partial charge >= 0.3 is 6.16 Å². The molecule has 0 fully saturated rings. The van der Waals surface area contributed by atoms with Crippen molar-refractivity contribution in [2.24, 2.45) is 0 Å². The molecule has 1 N–H and O–H groups in total. The van der Waals surface area contributed by atoms with E-state index in [1.54, 1.807) is 0 Å². The lowest BCUT2D eigenvalue weighted by Gasteiger charge is -2.16. The number of benzene rings is 2. The van der Waals surface area contributed by atoms with Crippen LogP contribution in [0.3, 0.4) is 0 Å². The van der Waals surface area contributed by atoms with Gasteiger partial charge in [-0.25, -0.2) is 4.79 Å². The minimum Gasteiger partial charge on any atom is -0.450 e. The number of hydrogen-bond acceptors (Lipinski definition) is 2. The highest BCUT2D eigenvalue weighted by atomic mass is 16.7. The van der Waals surface area contributed by atoms with Crippen LogP contribution in [0.5, 0.6) is 0 Å². The second kappa shape index (κ2) is 5.87. The van der Waals surface area contributed by atoms with Crippen molar-refractivity contribution >= 4 is 6.16 Å². The molecule has 2 rings (SSSR count). The molecule has 0 saturated heterocycles. The van der Waals surface area contributed by atoms with Crippen LogP contribution in [-0.4, -0.2) is 11.3 Å². The zero-order valence-electron chi connectivity index (χ0n) is 9.82. The molecule has 0 aliphatic carbocycles. The molecule has 0 aliphatic heterocycles. The number of carboxylic acid groups (broad SMARTS) is 1. The van der Waals surface area contributed by atoms with Gasteiger partial charge in [0, 0.05) is 6.42 Å². The van der Waals surface area contributed by atoms with Gasteiger partial charge in [0.2, 0.25) is 0 Å². The second-order valence-electron chi connectivity index (χ2n) is 3.97. The average Bonchev–Trinajstić information content (AvgIpc) is 2.40. The van der Waals surface area contributed by atoms with Crippen molar-refractivity contribution in [1.29, 1.82) is 0 Å². The van der Waals surface area contributed by atoms with Gasteiger partial charge in [-0.05, 0) is 11.1 Å². The number of hydrogen-bond donors (Lipinski definition) is 1. The average molecular weight is 242 g/mol. The lowest BCUT2D eigenvalue weighted by atomic mass is 10.0. The maximum Gasteiger partial charge on any atom is 0.506 e. The van der Waals surface area contributed by atoms with E-state index in [1.165, 1.54) is 0 Å². The minimum absolute atomic E-state index is 0.467. The Balaban J connectivity index is 2.18. The Morgan fingerprint density at radius 3 is 2.11 bits per heavy atom. The quantitative estimate of drug-likeness (QED) is 0.832. The molecule has 0 spiro atoms. The predicted octanol–water partition coefficient (Wildman–Crippen LogP) is 3.67. The smallest absolute Gasteiger partial charge is 0.450 e. The van der Waals surface area contributed by atoms with E-state index in [9.17, 15) is 4.79 Å². The highest BCUT2D eigenvalue weighted by Crippen LogP contribution is 2.22. The lowest BCUT2D eigenvalue weighted by molar-refractivity contribution is 0.0513. The third-order valence-corrected chi connectivity index (χ3v) is 2.68. The summed E-state index contributed by atoms with van der Waals surface area (Å²) in [5.74, 6) is 0. The summed E-state index contributed by atoms with van der Waals surface area (Å²) in [7, 11) is 0. The topological polar surface area (TPSA) is 46.5 Å². The summed E-state index contributed by atoms with van der Waals surface area (Å²) in [6.45, 7) is 0. The summed E-state index contributed by atoms with van der Waals surface area (Å²) in [5.41, 5.74) is 1.91. The van der Waals surface area contributed by atoms with Gasteiger partial charge in [0.1, 0.15) is 6.10 Å². The van der Waals surface area contributed by atoms with Crippen LogP contribution in [0.15, 0.2) is 60.7 Å². The van der Waals surface area contributed by atoms with Gasteiger partial charge in [-0.1, -0.05) is 60.7 Å². The summed E-state index contributed by atoms with van der Waals surface area (Å²) < 4.78 is 4.96. The fourth-order valence-electron chi connectivity index (χ4n) is 1.85. The molecule has 0 heterocycles. The summed E-state index contributed by atoms with van der Waals surface area (Å²) in [6.07, 6.45) is -1.18. The van der Waals surface area contributed by atoms with Crippen molar-refractivity contribution in [3.63, 3.8) is 0 Å². The Morgan fingerprint density at radius 2 is 1.56 bits per heavy atom. The SMILES string of the molecule is O=C(O)OC(Cc1ccccc1)c1ccccc1. The molecule has 18 heavy (non-hydrogen) atoms. The van der Waals surface area contributed by atoms with E-state index in [-0.39, 0.29) is 0 Å². The van der Waals surface area contributed by atoms with Crippen molar-refractivity contribution in [2.75, 3.05) is 0 Å². The van der Waals surface area contributed by atoms with Crippen LogP contribution < -0.4 is 0 Å². The zero-order valence-corrected chi connectivity index (χ0v) is 9.82. The zero-order chi connectivity index (χ0) is 12.8. The first-order valence-corrected chi connectivity index (χ1v) is 5.74. The summed E-state index contributed by atoms with van der Waals surface area (Å²) in [6, 6.07) is 19.1. The van der Waals surface area contributed by atoms with Gasteiger partial charge in [0.05, 0.1) is 0 Å². The number of rotatable bonds is 4. The Bertz CT molecular complexity index is 494. The Kier molecular flexibility index (Phi) is 3.97. The predicted molar refractivity (Wildman–Crippen MR) is 68.4 cm³/mol. The van der Waals surface area contributed by atoms with Crippen molar-refractivity contribution in [3.05, 3.63) is 71.8 Å². The molecule has 0 bridgehead atoms. The van der Waals surface area contributed by atoms with Crippen LogP contribution in [0.25, 0.3) is 0 Å². The van der Waals surface area contributed by atoms with E-state index in [2.05, 4.69) is 0 Å². The van der Waals surface area contributed by atoms with E-state index < -0.39 is 12.3 Å². The van der Waals surface area contributed by atoms with Crippen LogP contribution in [0.2, 0.25) is 0 Å². The van der Waals surface area contributed by atoms with E-state index >= 15 is 0 Å². The molecular formula is C15H14O3. The molecule has 0 aromatic heterocycles. The normalized spacial score (nSPS) is 11.8. The van der Waals surface area contributed by atoms with Crippen molar-refractivity contribution < 1.29 is 14.6 Å². The molecule has 92 valence electrons. The highest BCUT2D eigenvalue weighted by Gasteiger charge is 2.16. The van der Waals surface area contributed by atoms with E-state index in [0.29, 0.717) is 6.42 Å². The molecule has 0 saturated carbocycles. The van der Waals surface area contributed by atoms with E-state index in [0.717, 1.165) is 11.1 Å². The first-order valence-electron chi connectivity index (χ1n) is 5.74. The third kappa shape index (κ3) is 3.35. The number of ether oxygens (including phenoxy) is 1. The largest absolute Gasteiger partial charge is 0.506 e. The first kappa shape index (κ1) is 12.2. The van der Waals surface area contributed by atoms with E-state index in [4.69, 9.17) is 9.84 Å². The molecule has 0 radical (unpaired) electrons. The highest BCUT2D eigenvalue weighted by molar-refractivity contribution is 5.57. The fourth-order valence-corrected chi connectivity index (χ4v) is 1.85. The first-order chi connectivity index (χ1) is 8.75. The summed E-state index contributed by atoms with van der Waals surface area (Å²) in [4.78, 5) is 10.8. The van der Waals surface area contributed by atoms with Gasteiger partial charge < -0.3 is 9.84 Å². The van der Waals surface area contributed by atoms with Crippen LogP contribution in [0, 0.1) is 0 Å². The number of carbonyl (C=O) groups is 1. The molecule has 2 aromatic rings. The molecule has 1 atom stereocenters. The molecule has 0 amide bonds. The Hall–Kier alpha value is -2.29. The molecule has 2 aromatic carbocycles.